The fourth-order valence-corrected chi connectivity index (χ4v) is 6.86. The Kier molecular flexibility index (Phi) is 12.5. The lowest BCUT2D eigenvalue weighted by molar-refractivity contribution is -0.384. The molecule has 5 aromatic carbocycles. The van der Waals surface area contributed by atoms with Crippen molar-refractivity contribution in [1.82, 2.24) is 20.4 Å². The summed E-state index contributed by atoms with van der Waals surface area (Å²) in [5, 5.41) is 22.5. The Morgan fingerprint density at radius 2 is 1.04 bits per heavy atom. The van der Waals surface area contributed by atoms with E-state index in [1.54, 1.807) is 31.2 Å². The molecule has 4 amide bonds. The Hall–Kier alpha value is -5.70. The highest BCUT2D eigenvalue weighted by atomic mass is 32.2. The quantitative estimate of drug-likeness (QED) is 0.0390. The van der Waals surface area contributed by atoms with Crippen molar-refractivity contribution in [1.29, 1.82) is 0 Å². The van der Waals surface area contributed by atoms with E-state index < -0.39 is 49.1 Å². The van der Waals surface area contributed by atoms with Gasteiger partial charge in [-0.05, 0) is 53.6 Å². The van der Waals surface area contributed by atoms with Crippen LogP contribution < -0.4 is 10.6 Å². The minimum atomic E-state index is -3.67. The van der Waals surface area contributed by atoms with E-state index in [0.29, 0.717) is 71.5 Å². The van der Waals surface area contributed by atoms with Crippen molar-refractivity contribution in [2.24, 2.45) is 0 Å². The van der Waals surface area contributed by atoms with Crippen LogP contribution in [-0.4, -0.2) is 115 Å². The number of hydrogen-bond donors (Lipinski definition) is 4. The first-order valence-corrected chi connectivity index (χ1v) is 21.0. The molecular weight excluding hydrogens is 783 g/mol. The molecule has 17 nitrogen and oxygen atoms in total. The number of nitro groups is 1. The van der Waals surface area contributed by atoms with Crippen molar-refractivity contribution in [2.75, 3.05) is 38.7 Å². The number of rotatable bonds is 10. The molecule has 4 N–H and O–H groups in total. The molecule has 0 spiro atoms. The first kappa shape index (κ1) is 42.4. The number of benzene rings is 5. The summed E-state index contributed by atoms with van der Waals surface area (Å²) in [6.07, 6.45) is 1.43. The average molecular weight is 822 g/mol. The van der Waals surface area contributed by atoms with Gasteiger partial charge in [0.2, 0.25) is 0 Å². The summed E-state index contributed by atoms with van der Waals surface area (Å²) in [6.45, 7) is 5.24. The van der Waals surface area contributed by atoms with Crippen LogP contribution in [0.15, 0.2) is 78.9 Å². The van der Waals surface area contributed by atoms with Gasteiger partial charge >= 0.3 is 0 Å². The summed E-state index contributed by atoms with van der Waals surface area (Å²) in [5.41, 5.74) is 1.30. The fourth-order valence-electron chi connectivity index (χ4n) is 6.86. The van der Waals surface area contributed by atoms with E-state index in [1.807, 2.05) is 49.4 Å². The predicted molar refractivity (Wildman–Crippen MR) is 213 cm³/mol. The molecule has 0 saturated carbocycles. The van der Waals surface area contributed by atoms with Crippen LogP contribution in [0.2, 0.25) is 0 Å². The zero-order valence-corrected chi connectivity index (χ0v) is 32.8. The third-order valence-corrected chi connectivity index (χ3v) is 9.09. The number of carbonyl (C=O) groups is 4. The van der Waals surface area contributed by atoms with Crippen LogP contribution >= 0.6 is 0 Å². The molecule has 2 atom stereocenters. The predicted octanol–water partition coefficient (Wildman–Crippen LogP) is 3.91. The third-order valence-electron chi connectivity index (χ3n) is 9.09. The second-order valence-corrected chi connectivity index (χ2v) is 16.5. The molecule has 5 aromatic rings. The van der Waals surface area contributed by atoms with E-state index in [-0.39, 0.29) is 23.1 Å². The van der Waals surface area contributed by atoms with Gasteiger partial charge in [0.1, 0.15) is 0 Å². The Morgan fingerprint density at radius 1 is 0.614 bits per heavy atom. The van der Waals surface area contributed by atoms with Crippen LogP contribution in [0.5, 0.6) is 0 Å². The van der Waals surface area contributed by atoms with E-state index in [0.717, 1.165) is 21.1 Å². The highest BCUT2D eigenvalue weighted by Gasteiger charge is 2.38. The summed E-state index contributed by atoms with van der Waals surface area (Å²) in [4.78, 5) is 67.4. The van der Waals surface area contributed by atoms with Crippen molar-refractivity contribution in [3.05, 3.63) is 111 Å². The summed E-state index contributed by atoms with van der Waals surface area (Å²) >= 11 is 0. The van der Waals surface area contributed by atoms with Gasteiger partial charge in [0, 0.05) is 77.9 Å². The first-order valence-electron chi connectivity index (χ1n) is 17.3. The lowest BCUT2D eigenvalue weighted by Gasteiger charge is -2.32. The standard InChI is InChI=1S/C36H31N5O6.2CH4O3S/c1-20(39-33(42)27-11-5-8-23-15-24(41(46)47)17-30(31(23)27)36(39)45)18-37-13-14-38-19-21(2)40-34(43)28-12-6-10-26-25-9-4-3-7-22(25)16-29(32(26)28)35(40)44;2*1-5(2,3)4/h3-12,15-17,20-21,37-38H,13-14,18-19H2,1-2H3;2*1H3,(H,2,3,4)/t20-,21-;;/m1../s1. The van der Waals surface area contributed by atoms with Gasteiger partial charge in [-0.25, -0.2) is 0 Å². The normalized spacial score (nSPS) is 14.9. The van der Waals surface area contributed by atoms with Gasteiger partial charge in [0.25, 0.3) is 49.6 Å². The molecule has 0 fully saturated rings. The Balaban J connectivity index is 0.000000554. The number of non-ortho nitro benzene ring substituents is 1. The molecule has 19 heteroatoms. The summed E-state index contributed by atoms with van der Waals surface area (Å²) in [6, 6.07) is 21.9. The number of hydrogen-bond acceptors (Lipinski definition) is 12. The van der Waals surface area contributed by atoms with Gasteiger partial charge in [-0.3, -0.25) is 48.2 Å². The smallest absolute Gasteiger partial charge is 0.270 e. The Labute approximate surface area is 327 Å². The maximum Gasteiger partial charge on any atom is 0.270 e. The topological polar surface area (TPSA) is 251 Å². The number of fused-ring (bicyclic) bond motifs is 2. The molecular formula is C38H39N5O12S2. The zero-order valence-electron chi connectivity index (χ0n) is 31.1. The number of amides is 4. The van der Waals surface area contributed by atoms with Crippen LogP contribution in [0.25, 0.3) is 32.3 Å². The van der Waals surface area contributed by atoms with Gasteiger partial charge in [0.15, 0.2) is 0 Å². The molecule has 2 aliphatic rings. The van der Waals surface area contributed by atoms with E-state index in [2.05, 4.69) is 10.6 Å². The maximum absolute atomic E-state index is 13.7. The van der Waals surface area contributed by atoms with Crippen molar-refractivity contribution in [2.45, 2.75) is 25.9 Å². The number of imide groups is 2. The second kappa shape index (κ2) is 16.8. The highest BCUT2D eigenvalue weighted by Crippen LogP contribution is 2.36. The lowest BCUT2D eigenvalue weighted by atomic mass is 9.89. The molecule has 0 saturated heterocycles. The van der Waals surface area contributed by atoms with Crippen molar-refractivity contribution >= 4 is 81.9 Å². The maximum atomic E-state index is 13.7. The molecule has 0 bridgehead atoms. The van der Waals surface area contributed by atoms with Crippen LogP contribution in [0.4, 0.5) is 5.69 Å². The minimum absolute atomic E-state index is 0.140. The van der Waals surface area contributed by atoms with Gasteiger partial charge in [0.05, 0.1) is 23.0 Å². The minimum Gasteiger partial charge on any atom is -0.313 e. The van der Waals surface area contributed by atoms with Crippen LogP contribution in [0, 0.1) is 10.1 Å². The largest absolute Gasteiger partial charge is 0.313 e. The molecule has 2 aliphatic heterocycles. The van der Waals surface area contributed by atoms with Gasteiger partial charge in [-0.2, -0.15) is 16.8 Å². The lowest BCUT2D eigenvalue weighted by Crippen LogP contribution is -2.51. The number of nitrogens with one attached hydrogen (secondary N) is 2. The van der Waals surface area contributed by atoms with Gasteiger partial charge < -0.3 is 10.6 Å². The monoisotopic (exact) mass is 821 g/mol. The molecule has 300 valence electrons. The fraction of sp³-hybridized carbons (Fsp3) is 0.263. The van der Waals surface area contributed by atoms with Gasteiger partial charge in [-0.15, -0.1) is 0 Å². The van der Waals surface area contributed by atoms with Crippen LogP contribution in [0.1, 0.15) is 55.3 Å². The molecule has 0 unspecified atom stereocenters. The van der Waals surface area contributed by atoms with E-state index >= 15 is 0 Å². The van der Waals surface area contributed by atoms with E-state index in [9.17, 15) is 46.1 Å². The van der Waals surface area contributed by atoms with Crippen molar-refractivity contribution in [3.63, 3.8) is 0 Å². The SMILES string of the molecule is CS(=O)(=O)O.CS(=O)(=O)O.C[C@H](CNCCNC[C@@H](C)N1C(=O)c2cccc3c2c(cc2ccccc23)C1=O)N1C(=O)c2cccc3cc([N+](=O)[O-])cc(c23)C1=O. The van der Waals surface area contributed by atoms with Crippen molar-refractivity contribution < 1.29 is 50.0 Å². The number of nitro benzene ring substituents is 1. The molecule has 7 rings (SSSR count). The first-order chi connectivity index (χ1) is 26.7. The highest BCUT2D eigenvalue weighted by molar-refractivity contribution is 7.85. The van der Waals surface area contributed by atoms with E-state index in [1.165, 1.54) is 17.0 Å². The van der Waals surface area contributed by atoms with E-state index in [4.69, 9.17) is 9.11 Å². The zero-order chi connectivity index (χ0) is 42.0. The molecule has 57 heavy (non-hydrogen) atoms. The molecule has 0 radical (unpaired) electrons. The molecule has 0 aliphatic carbocycles. The summed E-state index contributed by atoms with van der Waals surface area (Å²) in [5.74, 6) is -1.64. The number of nitrogens with zero attached hydrogens (tertiary/aromatic N) is 3. The van der Waals surface area contributed by atoms with Crippen LogP contribution in [-0.2, 0) is 20.2 Å². The molecule has 0 aromatic heterocycles. The van der Waals surface area contributed by atoms with Crippen molar-refractivity contribution in [3.8, 4) is 0 Å². The Morgan fingerprint density at radius 3 is 1.56 bits per heavy atom. The average Bonchev–Trinajstić information content (AvgIpc) is 3.12. The summed E-state index contributed by atoms with van der Waals surface area (Å²) in [7, 11) is -7.33. The second-order valence-electron chi connectivity index (χ2n) is 13.6. The third kappa shape index (κ3) is 9.65. The molecule has 2 heterocycles. The van der Waals surface area contributed by atoms with Gasteiger partial charge in [-0.1, -0.05) is 48.5 Å². The number of carbonyl (C=O) groups excluding carboxylic acids is 4. The summed E-state index contributed by atoms with van der Waals surface area (Å²) < 4.78 is 51.7. The Bertz CT molecular complexity index is 2640. The van der Waals surface area contributed by atoms with Crippen LogP contribution in [0.3, 0.4) is 0 Å².